The Kier molecular flexibility index (Phi) is 7.50. The van der Waals surface area contributed by atoms with Crippen molar-refractivity contribution in [2.45, 2.75) is 38.5 Å². The van der Waals surface area contributed by atoms with Gasteiger partial charge in [0.2, 0.25) is 0 Å². The summed E-state index contributed by atoms with van der Waals surface area (Å²) >= 11 is 12.3. The van der Waals surface area contributed by atoms with Gasteiger partial charge in [0.1, 0.15) is 27.3 Å². The average Bonchev–Trinajstić information content (AvgIpc) is 2.79. The molecule has 0 amide bonds. The number of rotatable bonds is 7. The smallest absolute Gasteiger partial charge is 0.170 e. The Hall–Kier alpha value is -2.55. The van der Waals surface area contributed by atoms with Crippen molar-refractivity contribution >= 4 is 50.5 Å². The number of Topliss-reactive ketones (excluding diaryl/α,β-unsaturated/α-hetero) is 1. The van der Waals surface area contributed by atoms with Crippen molar-refractivity contribution in [2.24, 2.45) is 0 Å². The maximum Gasteiger partial charge on any atom is 0.170 e. The SMILES string of the molecule is CCc1cc(Nc2cc(CC(=O)c3c(Cl)cccc3Cl)ccn2)nc(C2CCS(=O)(=O)CC2)n1. The Morgan fingerprint density at radius 2 is 1.76 bits per heavy atom. The summed E-state index contributed by atoms with van der Waals surface area (Å²) in [5.74, 6) is 1.91. The molecule has 1 aliphatic heterocycles. The monoisotopic (exact) mass is 518 g/mol. The van der Waals surface area contributed by atoms with Crippen LogP contribution in [0.2, 0.25) is 10.0 Å². The molecule has 0 bridgehead atoms. The highest BCUT2D eigenvalue weighted by Crippen LogP contribution is 2.29. The molecule has 10 heteroatoms. The number of aromatic nitrogens is 3. The maximum absolute atomic E-state index is 12.8. The van der Waals surface area contributed by atoms with E-state index in [0.29, 0.717) is 45.9 Å². The Labute approximate surface area is 208 Å². The minimum Gasteiger partial charge on any atom is -0.325 e. The van der Waals surface area contributed by atoms with Gasteiger partial charge in [-0.15, -0.1) is 0 Å². The van der Waals surface area contributed by atoms with Gasteiger partial charge in [-0.3, -0.25) is 4.79 Å². The molecule has 1 saturated heterocycles. The van der Waals surface area contributed by atoms with Gasteiger partial charge >= 0.3 is 0 Å². The van der Waals surface area contributed by atoms with Crippen LogP contribution in [-0.2, 0) is 22.7 Å². The molecule has 3 heterocycles. The first-order chi connectivity index (χ1) is 16.2. The molecule has 0 atom stereocenters. The van der Waals surface area contributed by atoms with Crippen molar-refractivity contribution in [3.05, 3.63) is 75.3 Å². The number of pyridine rings is 1. The first-order valence-electron chi connectivity index (χ1n) is 11.0. The highest BCUT2D eigenvalue weighted by Gasteiger charge is 2.27. The van der Waals surface area contributed by atoms with Crippen LogP contribution < -0.4 is 5.32 Å². The molecule has 1 aromatic carbocycles. The van der Waals surface area contributed by atoms with E-state index >= 15 is 0 Å². The summed E-state index contributed by atoms with van der Waals surface area (Å²) in [6, 6.07) is 10.4. The number of nitrogens with one attached hydrogen (secondary N) is 1. The number of ketones is 1. The van der Waals surface area contributed by atoms with E-state index in [-0.39, 0.29) is 29.6 Å². The largest absolute Gasteiger partial charge is 0.325 e. The summed E-state index contributed by atoms with van der Waals surface area (Å²) in [4.78, 5) is 26.4. The van der Waals surface area contributed by atoms with Gasteiger partial charge in [0.25, 0.3) is 0 Å². The average molecular weight is 519 g/mol. The summed E-state index contributed by atoms with van der Waals surface area (Å²) < 4.78 is 23.6. The highest BCUT2D eigenvalue weighted by atomic mass is 35.5. The zero-order valence-corrected chi connectivity index (χ0v) is 20.9. The lowest BCUT2D eigenvalue weighted by molar-refractivity contribution is 0.0993. The second kappa shape index (κ2) is 10.4. The molecule has 0 radical (unpaired) electrons. The quantitative estimate of drug-likeness (QED) is 0.428. The van der Waals surface area contributed by atoms with Gasteiger partial charge in [-0.05, 0) is 49.1 Å². The fraction of sp³-hybridized carbons (Fsp3) is 0.333. The molecule has 3 aromatic rings. The Morgan fingerprint density at radius 1 is 1.06 bits per heavy atom. The van der Waals surface area contributed by atoms with Gasteiger partial charge < -0.3 is 5.32 Å². The fourth-order valence-corrected chi connectivity index (χ4v) is 6.02. The van der Waals surface area contributed by atoms with E-state index in [0.717, 1.165) is 17.7 Å². The number of aryl methyl sites for hydroxylation is 1. The number of sulfone groups is 1. The Morgan fingerprint density at radius 3 is 2.44 bits per heavy atom. The van der Waals surface area contributed by atoms with Crippen molar-refractivity contribution in [1.29, 1.82) is 0 Å². The van der Waals surface area contributed by atoms with Crippen LogP contribution in [0.3, 0.4) is 0 Å². The van der Waals surface area contributed by atoms with Crippen LogP contribution in [0.25, 0.3) is 0 Å². The van der Waals surface area contributed by atoms with Crippen molar-refractivity contribution in [2.75, 3.05) is 16.8 Å². The van der Waals surface area contributed by atoms with Crippen molar-refractivity contribution in [1.82, 2.24) is 15.0 Å². The molecule has 7 nitrogen and oxygen atoms in total. The number of benzene rings is 1. The summed E-state index contributed by atoms with van der Waals surface area (Å²) in [6.07, 6.45) is 3.50. The molecule has 34 heavy (non-hydrogen) atoms. The third-order valence-corrected chi connectivity index (χ3v) is 8.11. The number of anilines is 2. The molecule has 1 N–H and O–H groups in total. The topological polar surface area (TPSA) is 102 Å². The second-order valence-electron chi connectivity index (χ2n) is 8.25. The van der Waals surface area contributed by atoms with Crippen molar-refractivity contribution in [3.8, 4) is 0 Å². The van der Waals surface area contributed by atoms with Crippen LogP contribution in [0.5, 0.6) is 0 Å². The van der Waals surface area contributed by atoms with E-state index in [9.17, 15) is 13.2 Å². The van der Waals surface area contributed by atoms with Crippen LogP contribution >= 0.6 is 23.2 Å². The Balaban J connectivity index is 1.53. The van der Waals surface area contributed by atoms with Crippen LogP contribution in [0.1, 0.15) is 53.1 Å². The molecular weight excluding hydrogens is 495 g/mol. The minimum atomic E-state index is -2.96. The number of hydrogen-bond donors (Lipinski definition) is 1. The maximum atomic E-state index is 12.8. The fourth-order valence-electron chi connectivity index (χ4n) is 3.92. The van der Waals surface area contributed by atoms with Crippen LogP contribution in [-0.4, -0.2) is 40.7 Å². The number of carbonyl (C=O) groups is 1. The number of halogens is 2. The highest BCUT2D eigenvalue weighted by molar-refractivity contribution is 7.91. The third-order valence-electron chi connectivity index (χ3n) is 5.77. The van der Waals surface area contributed by atoms with Gasteiger partial charge in [0.05, 0.1) is 27.1 Å². The van der Waals surface area contributed by atoms with E-state index in [1.54, 1.807) is 36.5 Å². The van der Waals surface area contributed by atoms with Gasteiger partial charge in [-0.1, -0.05) is 36.2 Å². The normalized spacial score (nSPS) is 15.7. The molecule has 4 rings (SSSR count). The van der Waals surface area contributed by atoms with E-state index in [2.05, 4.69) is 20.3 Å². The standard InChI is InChI=1S/C24H24Cl2N4O3S/c1-2-17-14-22(30-24(28-17)16-7-10-34(32,33)11-8-16)29-21-13-15(6-9-27-21)12-20(31)23-18(25)4-3-5-19(23)26/h3-6,9,13-14,16H,2,7-8,10-12H2,1H3,(H,27,28,29,30). The molecule has 0 saturated carbocycles. The second-order valence-corrected chi connectivity index (χ2v) is 11.4. The van der Waals surface area contributed by atoms with Crippen molar-refractivity contribution in [3.63, 3.8) is 0 Å². The predicted molar refractivity (Wildman–Crippen MR) is 134 cm³/mol. The van der Waals surface area contributed by atoms with E-state index in [1.807, 2.05) is 13.0 Å². The Bertz CT molecular complexity index is 1300. The van der Waals surface area contributed by atoms with Gasteiger partial charge in [-0.2, -0.15) is 0 Å². The number of carbonyl (C=O) groups excluding carboxylic acids is 1. The number of hydrogen-bond acceptors (Lipinski definition) is 7. The predicted octanol–water partition coefficient (Wildman–Crippen LogP) is 5.20. The lowest BCUT2D eigenvalue weighted by atomic mass is 10.0. The molecule has 2 aromatic heterocycles. The van der Waals surface area contributed by atoms with Gasteiger partial charge in [0, 0.05) is 30.3 Å². The number of nitrogens with zero attached hydrogens (tertiary/aromatic N) is 3. The van der Waals surface area contributed by atoms with E-state index < -0.39 is 9.84 Å². The summed E-state index contributed by atoms with van der Waals surface area (Å²) in [5.41, 5.74) is 1.92. The lowest BCUT2D eigenvalue weighted by Crippen LogP contribution is -2.23. The summed E-state index contributed by atoms with van der Waals surface area (Å²) in [6.45, 7) is 2.01. The minimum absolute atomic E-state index is 0.00728. The van der Waals surface area contributed by atoms with Crippen LogP contribution in [0, 0.1) is 0 Å². The first-order valence-corrected chi connectivity index (χ1v) is 13.6. The third kappa shape index (κ3) is 5.92. The summed E-state index contributed by atoms with van der Waals surface area (Å²) in [7, 11) is -2.96. The van der Waals surface area contributed by atoms with Gasteiger partial charge in [0.15, 0.2) is 5.78 Å². The molecule has 0 spiro atoms. The zero-order valence-electron chi connectivity index (χ0n) is 18.6. The first kappa shape index (κ1) is 24.6. The van der Waals surface area contributed by atoms with E-state index in [4.69, 9.17) is 23.2 Å². The molecule has 1 fully saturated rings. The lowest BCUT2D eigenvalue weighted by Gasteiger charge is -2.21. The molecule has 1 aliphatic rings. The van der Waals surface area contributed by atoms with Crippen molar-refractivity contribution < 1.29 is 13.2 Å². The summed E-state index contributed by atoms with van der Waals surface area (Å²) in [5, 5.41) is 3.85. The molecule has 178 valence electrons. The zero-order chi connectivity index (χ0) is 24.3. The molecule has 0 unspecified atom stereocenters. The van der Waals surface area contributed by atoms with Crippen LogP contribution in [0.4, 0.5) is 11.6 Å². The molecular formula is C24H24Cl2N4O3S. The van der Waals surface area contributed by atoms with Crippen LogP contribution in [0.15, 0.2) is 42.6 Å². The molecule has 0 aliphatic carbocycles. The van der Waals surface area contributed by atoms with Gasteiger partial charge in [-0.25, -0.2) is 23.4 Å². The van der Waals surface area contributed by atoms with E-state index in [1.165, 1.54) is 0 Å².